The highest BCUT2D eigenvalue weighted by atomic mass is 35.5. The van der Waals surface area contributed by atoms with Gasteiger partial charge in [0.1, 0.15) is 17.9 Å². The van der Waals surface area contributed by atoms with Crippen molar-refractivity contribution < 1.29 is 19.1 Å². The Bertz CT molecular complexity index is 1640. The summed E-state index contributed by atoms with van der Waals surface area (Å²) < 4.78 is 12.9. The van der Waals surface area contributed by atoms with Crippen LogP contribution in [0.1, 0.15) is 73.1 Å². The smallest absolute Gasteiger partial charge is 0.305 e. The zero-order valence-electron chi connectivity index (χ0n) is 24.4. The van der Waals surface area contributed by atoms with Crippen LogP contribution in [0.2, 0.25) is 5.02 Å². The van der Waals surface area contributed by atoms with Gasteiger partial charge in [0.2, 0.25) is 0 Å². The van der Waals surface area contributed by atoms with E-state index in [0.29, 0.717) is 47.8 Å². The predicted molar refractivity (Wildman–Crippen MR) is 158 cm³/mol. The van der Waals surface area contributed by atoms with Crippen LogP contribution >= 0.6 is 11.6 Å². The summed E-state index contributed by atoms with van der Waals surface area (Å²) in [5.41, 5.74) is 3.00. The molecule has 1 aliphatic carbocycles. The average Bonchev–Trinajstić information content (AvgIpc) is 3.53. The molecule has 0 unspecified atom stereocenters. The Kier molecular flexibility index (Phi) is 7.79. The number of aromatic nitrogens is 2. The van der Waals surface area contributed by atoms with E-state index in [1.54, 1.807) is 29.1 Å². The van der Waals surface area contributed by atoms with Gasteiger partial charge in [0, 0.05) is 59.8 Å². The van der Waals surface area contributed by atoms with Gasteiger partial charge in [-0.3, -0.25) is 14.3 Å². The number of hydrogen-bond donors (Lipinski definition) is 0. The zero-order chi connectivity index (χ0) is 30.2. The summed E-state index contributed by atoms with van der Waals surface area (Å²) in [5, 5.41) is 13.9. The van der Waals surface area contributed by atoms with Crippen molar-refractivity contribution in [2.24, 2.45) is 10.8 Å². The van der Waals surface area contributed by atoms with Gasteiger partial charge in [-0.1, -0.05) is 51.1 Å². The molecule has 0 N–H and O–H groups in total. The molecule has 1 saturated carbocycles. The quantitative estimate of drug-likeness (QED) is 0.265. The number of hydrogen-bond acceptors (Lipinski definition) is 6. The molecule has 0 radical (unpaired) electrons. The van der Waals surface area contributed by atoms with Crippen LogP contribution in [0, 0.1) is 34.0 Å². The van der Waals surface area contributed by atoms with Gasteiger partial charge in [-0.05, 0) is 42.3 Å². The second-order valence-corrected chi connectivity index (χ2v) is 12.4. The molecule has 1 aromatic heterocycles. The first-order valence-electron chi connectivity index (χ1n) is 13.9. The zero-order valence-corrected chi connectivity index (χ0v) is 25.2. The molecule has 42 heavy (non-hydrogen) atoms. The maximum atomic E-state index is 13.6. The molecule has 3 aromatic rings. The number of carbonyl (C=O) groups excluding carboxylic acids is 2. The van der Waals surface area contributed by atoms with E-state index in [1.165, 1.54) is 7.11 Å². The average molecular weight is 585 g/mol. The molecular weight excluding hydrogens is 552 g/mol. The number of nitrogens with zero attached hydrogens (tertiary/aromatic N) is 4. The lowest BCUT2D eigenvalue weighted by Crippen LogP contribution is -2.74. The van der Waals surface area contributed by atoms with Crippen molar-refractivity contribution >= 4 is 23.5 Å². The third kappa shape index (κ3) is 5.35. The Hall–Kier alpha value is -4.27. The van der Waals surface area contributed by atoms with Crippen LogP contribution in [-0.4, -0.2) is 45.8 Å². The van der Waals surface area contributed by atoms with Crippen LogP contribution in [0.4, 0.5) is 0 Å². The minimum absolute atomic E-state index is 0.0174. The number of benzene rings is 2. The monoisotopic (exact) mass is 584 g/mol. The molecule has 0 saturated heterocycles. The molecule has 2 aliphatic rings. The molecule has 2 heterocycles. The van der Waals surface area contributed by atoms with Crippen molar-refractivity contribution in [2.75, 3.05) is 7.11 Å². The van der Waals surface area contributed by atoms with Gasteiger partial charge in [-0.25, -0.2) is 0 Å². The van der Waals surface area contributed by atoms with Crippen LogP contribution in [-0.2, 0) is 22.6 Å². The van der Waals surface area contributed by atoms with Crippen molar-refractivity contribution in [1.29, 1.82) is 5.26 Å². The Morgan fingerprint density at radius 2 is 1.86 bits per heavy atom. The van der Waals surface area contributed by atoms with E-state index in [-0.39, 0.29) is 34.9 Å². The fourth-order valence-corrected chi connectivity index (χ4v) is 7.04. The summed E-state index contributed by atoms with van der Waals surface area (Å²) in [6.07, 6.45) is 4.38. The number of esters is 1. The van der Waals surface area contributed by atoms with Gasteiger partial charge >= 0.3 is 5.97 Å². The molecule has 216 valence electrons. The van der Waals surface area contributed by atoms with Crippen LogP contribution < -0.4 is 4.74 Å². The van der Waals surface area contributed by atoms with Crippen LogP contribution in [0.3, 0.4) is 0 Å². The SMILES string of the molecule is COC(=O)CCCn1cc(C#Cc2ccc3c(c2)CN([C@H]2C(C)(C)[C@H](Oc4ccc(C#N)c(Cl)c4)C2(C)C)C3=O)cn1. The fraction of sp³-hybridized carbons (Fsp3) is 0.394. The number of fused-ring (bicyclic) bond motifs is 1. The highest BCUT2D eigenvalue weighted by molar-refractivity contribution is 6.31. The molecule has 0 atom stereocenters. The summed E-state index contributed by atoms with van der Waals surface area (Å²) >= 11 is 6.24. The van der Waals surface area contributed by atoms with Gasteiger partial charge in [-0.2, -0.15) is 10.4 Å². The number of rotatable bonds is 7. The predicted octanol–water partition coefficient (Wildman–Crippen LogP) is 5.60. The molecule has 8 nitrogen and oxygen atoms in total. The molecule has 5 rings (SSSR count). The first kappa shape index (κ1) is 29.2. The molecule has 1 aliphatic heterocycles. The molecular formula is C33H33ClN4O4. The van der Waals surface area contributed by atoms with Crippen LogP contribution in [0.25, 0.3) is 0 Å². The first-order chi connectivity index (χ1) is 19.9. The first-order valence-corrected chi connectivity index (χ1v) is 14.2. The van der Waals surface area contributed by atoms with Gasteiger partial charge in [0.05, 0.1) is 29.5 Å². The largest absolute Gasteiger partial charge is 0.489 e. The third-order valence-corrected chi connectivity index (χ3v) is 8.62. The molecule has 1 amide bonds. The summed E-state index contributed by atoms with van der Waals surface area (Å²) in [6, 6.07) is 12.9. The lowest BCUT2D eigenvalue weighted by Gasteiger charge is -2.65. The number of amides is 1. The number of halogens is 1. The van der Waals surface area contributed by atoms with Crippen molar-refractivity contribution in [2.45, 2.75) is 65.8 Å². The van der Waals surface area contributed by atoms with E-state index < -0.39 is 0 Å². The van der Waals surface area contributed by atoms with Gasteiger partial charge in [-0.15, -0.1) is 0 Å². The van der Waals surface area contributed by atoms with Crippen LogP contribution in [0.5, 0.6) is 5.75 Å². The highest BCUT2D eigenvalue weighted by Gasteiger charge is 2.66. The Morgan fingerprint density at radius 1 is 1.12 bits per heavy atom. The normalized spacial score (nSPS) is 19.6. The lowest BCUT2D eigenvalue weighted by molar-refractivity contribution is -0.199. The Labute approximate surface area is 251 Å². The number of carbonyl (C=O) groups is 2. The molecule has 0 spiro atoms. The molecule has 9 heteroatoms. The van der Waals surface area contributed by atoms with Crippen molar-refractivity contribution in [3.8, 4) is 23.7 Å². The minimum atomic E-state index is -0.332. The summed E-state index contributed by atoms with van der Waals surface area (Å²) in [5.74, 6) is 6.73. The lowest BCUT2D eigenvalue weighted by atomic mass is 9.49. The number of aryl methyl sites for hydroxylation is 1. The Morgan fingerprint density at radius 3 is 2.55 bits per heavy atom. The van der Waals surface area contributed by atoms with Crippen LogP contribution in [0.15, 0.2) is 48.8 Å². The van der Waals surface area contributed by atoms with Crippen molar-refractivity contribution in [1.82, 2.24) is 14.7 Å². The van der Waals surface area contributed by atoms with E-state index in [4.69, 9.17) is 16.3 Å². The standard InChI is InChI=1S/C33H33ClN4O4/c1-32(2)30(33(3,4)31(32)42-25-12-11-23(17-35)27(34)16-25)38-20-24-15-21(10-13-26(24)29(38)40)8-9-22-18-36-37(19-22)14-6-7-28(39)41-5/h10-13,15-16,18-19,30-31H,6-7,14,20H2,1-5H3/t30-,31-. The maximum absolute atomic E-state index is 13.6. The third-order valence-electron chi connectivity index (χ3n) is 8.31. The van der Waals surface area contributed by atoms with Gasteiger partial charge in [0.15, 0.2) is 0 Å². The van der Waals surface area contributed by atoms with E-state index in [9.17, 15) is 14.9 Å². The summed E-state index contributed by atoms with van der Waals surface area (Å²) in [4.78, 5) is 26.9. The van der Waals surface area contributed by atoms with E-state index in [1.807, 2.05) is 29.3 Å². The molecule has 2 aromatic carbocycles. The van der Waals surface area contributed by atoms with E-state index in [0.717, 1.165) is 16.7 Å². The molecule has 1 fully saturated rings. The highest BCUT2D eigenvalue weighted by Crippen LogP contribution is 2.59. The topological polar surface area (TPSA) is 97.5 Å². The molecule has 0 bridgehead atoms. The van der Waals surface area contributed by atoms with Crippen molar-refractivity contribution in [3.63, 3.8) is 0 Å². The number of methoxy groups -OCH3 is 1. The van der Waals surface area contributed by atoms with Crippen molar-refractivity contribution in [3.05, 3.63) is 81.6 Å². The van der Waals surface area contributed by atoms with Gasteiger partial charge in [0.25, 0.3) is 5.91 Å². The fourth-order valence-electron chi connectivity index (χ4n) is 6.82. The van der Waals surface area contributed by atoms with Gasteiger partial charge < -0.3 is 14.4 Å². The number of ether oxygens (including phenoxy) is 2. The summed E-state index contributed by atoms with van der Waals surface area (Å²) in [6.45, 7) is 9.62. The minimum Gasteiger partial charge on any atom is -0.489 e. The number of nitriles is 1. The second-order valence-electron chi connectivity index (χ2n) is 12.0. The summed E-state index contributed by atoms with van der Waals surface area (Å²) in [7, 11) is 1.38. The van der Waals surface area contributed by atoms with E-state index >= 15 is 0 Å². The maximum Gasteiger partial charge on any atom is 0.305 e. The second kappa shape index (κ2) is 11.2. The Balaban J connectivity index is 1.27. The van der Waals surface area contributed by atoms with E-state index in [2.05, 4.69) is 55.4 Å².